The fourth-order valence-corrected chi connectivity index (χ4v) is 3.09. The van der Waals surface area contributed by atoms with Crippen LogP contribution in [0.25, 0.3) is 16.4 Å². The van der Waals surface area contributed by atoms with E-state index in [1.165, 1.54) is 20.6 Å². The number of hydrogen-bond donors (Lipinski definition) is 1. The zero-order valence-corrected chi connectivity index (χ0v) is 15.1. The Morgan fingerprint density at radius 1 is 1.28 bits per heavy atom. The summed E-state index contributed by atoms with van der Waals surface area (Å²) < 4.78 is 2.66. The molecule has 3 aromatic rings. The number of nitrogens with one attached hydrogen (secondary N) is 1. The van der Waals surface area contributed by atoms with Gasteiger partial charge in [-0.25, -0.2) is 14.0 Å². The molecule has 3 rings (SSSR count). The molecule has 0 aliphatic carbocycles. The van der Waals surface area contributed by atoms with Crippen molar-refractivity contribution in [2.75, 3.05) is 0 Å². The van der Waals surface area contributed by atoms with Crippen molar-refractivity contribution in [2.24, 2.45) is 0 Å². The maximum Gasteiger partial charge on any atom is 0.351 e. The van der Waals surface area contributed by atoms with Gasteiger partial charge in [-0.15, -0.1) is 16.4 Å². The predicted octanol–water partition coefficient (Wildman–Crippen LogP) is 2.07. The molecule has 0 bridgehead atoms. The number of carbonyl (C=O) groups is 1. The van der Waals surface area contributed by atoms with Crippen molar-refractivity contribution in [3.63, 3.8) is 0 Å². The molecule has 0 spiro atoms. The molecular formula is C17H19N5O2S. The highest BCUT2D eigenvalue weighted by atomic mass is 32.1. The molecule has 7 nitrogen and oxygen atoms in total. The van der Waals surface area contributed by atoms with E-state index in [1.807, 2.05) is 38.3 Å². The van der Waals surface area contributed by atoms with Gasteiger partial charge in [0, 0.05) is 11.7 Å². The van der Waals surface area contributed by atoms with Gasteiger partial charge in [-0.3, -0.25) is 9.78 Å². The Balaban J connectivity index is 2.04. The summed E-state index contributed by atoms with van der Waals surface area (Å²) in [6.45, 7) is 5.53. The summed E-state index contributed by atoms with van der Waals surface area (Å²) in [5.41, 5.74) is -0.137. The summed E-state index contributed by atoms with van der Waals surface area (Å²) in [4.78, 5) is 30.0. The van der Waals surface area contributed by atoms with Crippen LogP contribution in [0, 0.1) is 0 Å². The summed E-state index contributed by atoms with van der Waals surface area (Å²) >= 11 is 1.48. The molecule has 0 aliphatic rings. The number of rotatable bonds is 4. The zero-order chi connectivity index (χ0) is 18.0. The lowest BCUT2D eigenvalue weighted by molar-refractivity contribution is -0.123. The van der Waals surface area contributed by atoms with E-state index in [9.17, 15) is 9.59 Å². The molecule has 130 valence electrons. The fraction of sp³-hybridized carbons (Fsp3) is 0.294. The molecule has 0 saturated carbocycles. The Bertz CT molecular complexity index is 920. The first kappa shape index (κ1) is 17.1. The second-order valence-corrected chi connectivity index (χ2v) is 7.53. The van der Waals surface area contributed by atoms with Crippen LogP contribution >= 0.6 is 11.3 Å². The summed E-state index contributed by atoms with van der Waals surface area (Å²) in [7, 11) is 0. The normalized spacial score (nSPS) is 11.5. The molecule has 3 heterocycles. The molecular weight excluding hydrogens is 338 g/mol. The molecule has 0 saturated heterocycles. The number of thiophene rings is 1. The van der Waals surface area contributed by atoms with E-state index in [0.29, 0.717) is 11.5 Å². The third kappa shape index (κ3) is 3.85. The topological polar surface area (TPSA) is 81.8 Å². The smallest absolute Gasteiger partial charge is 0.350 e. The van der Waals surface area contributed by atoms with E-state index >= 15 is 0 Å². The van der Waals surface area contributed by atoms with E-state index in [0.717, 1.165) is 4.88 Å². The molecule has 3 aromatic heterocycles. The molecule has 0 fully saturated rings. The second-order valence-electron chi connectivity index (χ2n) is 6.59. The van der Waals surface area contributed by atoms with Crippen LogP contribution in [0.15, 0.2) is 46.8 Å². The highest BCUT2D eigenvalue weighted by molar-refractivity contribution is 7.13. The van der Waals surface area contributed by atoms with Gasteiger partial charge in [-0.1, -0.05) is 6.07 Å². The van der Waals surface area contributed by atoms with Gasteiger partial charge in [0.15, 0.2) is 5.82 Å². The Morgan fingerprint density at radius 2 is 2.08 bits per heavy atom. The van der Waals surface area contributed by atoms with Gasteiger partial charge in [0.25, 0.3) is 0 Å². The van der Waals surface area contributed by atoms with Crippen molar-refractivity contribution < 1.29 is 4.79 Å². The Morgan fingerprint density at radius 3 is 2.68 bits per heavy atom. The van der Waals surface area contributed by atoms with Crippen molar-refractivity contribution in [3.8, 4) is 16.4 Å². The van der Waals surface area contributed by atoms with E-state index in [-0.39, 0.29) is 23.7 Å². The predicted molar refractivity (Wildman–Crippen MR) is 96.8 cm³/mol. The molecule has 1 amide bonds. The molecule has 25 heavy (non-hydrogen) atoms. The molecule has 1 N–H and O–H groups in total. The maximum absolute atomic E-state index is 12.8. The SMILES string of the molecule is CC(C)(C)NC(=O)Cn1nc(-c2cccs2)n(-c2cccnc2)c1=O. The zero-order valence-electron chi connectivity index (χ0n) is 14.3. The quantitative estimate of drug-likeness (QED) is 0.775. The van der Waals surface area contributed by atoms with Crippen LogP contribution in [0.4, 0.5) is 0 Å². The summed E-state index contributed by atoms with van der Waals surface area (Å²) in [6, 6.07) is 7.32. The van der Waals surface area contributed by atoms with Gasteiger partial charge < -0.3 is 5.32 Å². The van der Waals surface area contributed by atoms with Gasteiger partial charge >= 0.3 is 5.69 Å². The van der Waals surface area contributed by atoms with Crippen LogP contribution in [0.3, 0.4) is 0 Å². The lowest BCUT2D eigenvalue weighted by Gasteiger charge is -2.20. The van der Waals surface area contributed by atoms with E-state index < -0.39 is 0 Å². The standard InChI is InChI=1S/C17H19N5O2S/c1-17(2,3)19-14(23)11-21-16(24)22(12-6-4-8-18-10-12)15(20-21)13-7-5-9-25-13/h4-10H,11H2,1-3H3,(H,19,23). The van der Waals surface area contributed by atoms with Gasteiger partial charge in [0.05, 0.1) is 16.8 Å². The lowest BCUT2D eigenvalue weighted by Crippen LogP contribution is -2.43. The number of hydrogen-bond acceptors (Lipinski definition) is 5. The van der Waals surface area contributed by atoms with Crippen LogP contribution in [-0.2, 0) is 11.3 Å². The number of carbonyl (C=O) groups excluding carboxylic acids is 1. The second kappa shape index (κ2) is 6.64. The van der Waals surface area contributed by atoms with Gasteiger partial charge in [0.1, 0.15) is 6.54 Å². The van der Waals surface area contributed by atoms with Crippen LogP contribution in [0.1, 0.15) is 20.8 Å². The van der Waals surface area contributed by atoms with Crippen LogP contribution in [0.2, 0.25) is 0 Å². The molecule has 0 atom stereocenters. The number of nitrogens with zero attached hydrogens (tertiary/aromatic N) is 4. The molecule has 0 aliphatic heterocycles. The first-order chi connectivity index (χ1) is 11.8. The van der Waals surface area contributed by atoms with Crippen molar-refractivity contribution in [3.05, 3.63) is 52.5 Å². The highest BCUT2D eigenvalue weighted by Gasteiger charge is 2.20. The minimum absolute atomic E-state index is 0.137. The van der Waals surface area contributed by atoms with Crippen molar-refractivity contribution in [2.45, 2.75) is 32.9 Å². The minimum Gasteiger partial charge on any atom is -0.350 e. The maximum atomic E-state index is 12.8. The van der Waals surface area contributed by atoms with Crippen molar-refractivity contribution in [1.29, 1.82) is 0 Å². The van der Waals surface area contributed by atoms with Crippen molar-refractivity contribution in [1.82, 2.24) is 24.6 Å². The largest absolute Gasteiger partial charge is 0.351 e. The molecule has 0 aromatic carbocycles. The molecule has 0 unspecified atom stereocenters. The van der Waals surface area contributed by atoms with Gasteiger partial charge in [-0.05, 0) is 44.4 Å². The Labute approximate surface area is 149 Å². The third-order valence-electron chi connectivity index (χ3n) is 3.29. The Kier molecular flexibility index (Phi) is 4.54. The van der Waals surface area contributed by atoms with E-state index in [1.54, 1.807) is 24.5 Å². The average molecular weight is 357 g/mol. The fourth-order valence-electron chi connectivity index (χ4n) is 2.39. The molecule has 8 heteroatoms. The summed E-state index contributed by atoms with van der Waals surface area (Å²) in [6.07, 6.45) is 3.24. The third-order valence-corrected chi connectivity index (χ3v) is 4.16. The number of pyridine rings is 1. The summed E-state index contributed by atoms with van der Waals surface area (Å²) in [5.74, 6) is 0.236. The number of amides is 1. The minimum atomic E-state index is -0.375. The van der Waals surface area contributed by atoms with Crippen LogP contribution < -0.4 is 11.0 Å². The van der Waals surface area contributed by atoms with Crippen LogP contribution in [0.5, 0.6) is 0 Å². The van der Waals surface area contributed by atoms with E-state index in [2.05, 4.69) is 15.4 Å². The van der Waals surface area contributed by atoms with Crippen molar-refractivity contribution >= 4 is 17.2 Å². The first-order valence-electron chi connectivity index (χ1n) is 7.80. The van der Waals surface area contributed by atoms with Gasteiger partial charge in [-0.2, -0.15) is 0 Å². The van der Waals surface area contributed by atoms with E-state index in [4.69, 9.17) is 0 Å². The Hall–Kier alpha value is -2.74. The first-order valence-corrected chi connectivity index (χ1v) is 8.68. The monoisotopic (exact) mass is 357 g/mol. The summed E-state index contributed by atoms with van der Waals surface area (Å²) in [5, 5.41) is 9.14. The lowest BCUT2D eigenvalue weighted by atomic mass is 10.1. The number of aromatic nitrogens is 4. The molecule has 0 radical (unpaired) electrons. The highest BCUT2D eigenvalue weighted by Crippen LogP contribution is 2.23. The van der Waals surface area contributed by atoms with Crippen LogP contribution in [-0.4, -0.2) is 30.8 Å². The average Bonchev–Trinajstić information content (AvgIpc) is 3.15. The van der Waals surface area contributed by atoms with Gasteiger partial charge in [0.2, 0.25) is 5.91 Å².